The van der Waals surface area contributed by atoms with E-state index in [0.29, 0.717) is 29.6 Å². The number of ether oxygens (including phenoxy) is 2. The number of rotatable bonds is 13. The Morgan fingerprint density at radius 2 is 1.73 bits per heavy atom. The first-order chi connectivity index (χ1) is 19.4. The number of unbranched alkanes of at least 4 members (excludes halogenated alkanes) is 2. The lowest BCUT2D eigenvalue weighted by atomic mass is 10.1. The monoisotopic (exact) mass is 581 g/mol. The second kappa shape index (κ2) is 14.2. The highest BCUT2D eigenvalue weighted by Gasteiger charge is 2.22. The third-order valence-electron chi connectivity index (χ3n) is 6.62. The number of aromatic nitrogens is 2. The van der Waals surface area contributed by atoms with E-state index in [2.05, 4.69) is 26.6 Å². The number of fused-ring (bicyclic) bond motifs is 1. The Morgan fingerprint density at radius 1 is 0.975 bits per heavy atom. The van der Waals surface area contributed by atoms with Crippen LogP contribution >= 0.6 is 23.2 Å². The van der Waals surface area contributed by atoms with Crippen molar-refractivity contribution in [1.29, 1.82) is 0 Å². The van der Waals surface area contributed by atoms with Crippen LogP contribution < -0.4 is 25.1 Å². The van der Waals surface area contributed by atoms with Gasteiger partial charge >= 0.3 is 0 Å². The van der Waals surface area contributed by atoms with Gasteiger partial charge < -0.3 is 20.5 Å². The standard InChI is InChI=1S/C31H34Cl2N4O3/c1-36-28-20-26(32)27(33)21-29(28)37(18-5-3-4-9-30(38)35-17-16-34)31(36)15-10-22-7-6-8-25(19-22)40-24-13-11-23(39-2)12-14-24/h6-8,10-15,19-21H,3-5,9,16-18,34H2,1-2H3/p+1/b15-10+. The molecule has 1 aromatic heterocycles. The summed E-state index contributed by atoms with van der Waals surface area (Å²) < 4.78 is 15.6. The zero-order valence-corrected chi connectivity index (χ0v) is 24.3. The minimum atomic E-state index is 0.0477. The molecule has 0 saturated heterocycles. The first-order valence-electron chi connectivity index (χ1n) is 13.3. The smallest absolute Gasteiger partial charge is 0.282 e. The van der Waals surface area contributed by atoms with Crippen LogP contribution in [0.4, 0.5) is 0 Å². The summed E-state index contributed by atoms with van der Waals surface area (Å²) in [4.78, 5) is 11.9. The summed E-state index contributed by atoms with van der Waals surface area (Å²) >= 11 is 12.8. The van der Waals surface area contributed by atoms with Gasteiger partial charge in [0.2, 0.25) is 5.91 Å². The van der Waals surface area contributed by atoms with E-state index in [1.807, 2.05) is 67.7 Å². The summed E-state index contributed by atoms with van der Waals surface area (Å²) in [5, 5.41) is 3.86. The van der Waals surface area contributed by atoms with Crippen molar-refractivity contribution in [1.82, 2.24) is 9.88 Å². The van der Waals surface area contributed by atoms with Gasteiger partial charge in [0, 0.05) is 37.7 Å². The fourth-order valence-electron chi connectivity index (χ4n) is 4.54. The van der Waals surface area contributed by atoms with Crippen LogP contribution in [0.15, 0.2) is 60.7 Å². The molecule has 7 nitrogen and oxygen atoms in total. The van der Waals surface area contributed by atoms with Gasteiger partial charge in [-0.25, -0.2) is 9.13 Å². The molecule has 0 spiro atoms. The minimum absolute atomic E-state index is 0.0477. The van der Waals surface area contributed by atoms with Crippen LogP contribution in [-0.4, -0.2) is 30.7 Å². The van der Waals surface area contributed by atoms with Gasteiger partial charge in [-0.1, -0.05) is 35.3 Å². The normalized spacial score (nSPS) is 11.3. The summed E-state index contributed by atoms with van der Waals surface area (Å²) in [6.07, 6.45) is 7.32. The van der Waals surface area contributed by atoms with Crippen molar-refractivity contribution in [3.05, 3.63) is 82.1 Å². The highest BCUT2D eigenvalue weighted by atomic mass is 35.5. The van der Waals surface area contributed by atoms with Crippen molar-refractivity contribution in [3.8, 4) is 17.2 Å². The number of amides is 1. The molecule has 4 rings (SSSR count). The van der Waals surface area contributed by atoms with E-state index in [1.165, 1.54) is 0 Å². The molecule has 0 atom stereocenters. The molecule has 1 amide bonds. The van der Waals surface area contributed by atoms with Crippen LogP contribution in [0.1, 0.15) is 37.1 Å². The molecule has 40 heavy (non-hydrogen) atoms. The zero-order chi connectivity index (χ0) is 28.5. The minimum Gasteiger partial charge on any atom is -0.497 e. The second-order valence-electron chi connectivity index (χ2n) is 9.46. The van der Waals surface area contributed by atoms with Gasteiger partial charge in [0.25, 0.3) is 5.82 Å². The van der Waals surface area contributed by atoms with Crippen LogP contribution in [0.2, 0.25) is 10.0 Å². The van der Waals surface area contributed by atoms with E-state index in [-0.39, 0.29) is 5.91 Å². The molecule has 3 N–H and O–H groups in total. The molecule has 0 bridgehead atoms. The fourth-order valence-corrected chi connectivity index (χ4v) is 4.86. The maximum atomic E-state index is 11.9. The van der Waals surface area contributed by atoms with Crippen molar-refractivity contribution in [2.45, 2.75) is 32.2 Å². The number of carbonyl (C=O) groups excluding carboxylic acids is 1. The SMILES string of the molecule is COc1ccc(Oc2cccc(/C=C/c3n(CCCCCC(=O)NCCN)c4cc(Cl)c(Cl)cc4[n+]3C)c2)cc1. The lowest BCUT2D eigenvalue weighted by Crippen LogP contribution is -2.31. The van der Waals surface area contributed by atoms with E-state index < -0.39 is 0 Å². The van der Waals surface area contributed by atoms with Gasteiger partial charge in [-0.15, -0.1) is 0 Å². The molecule has 210 valence electrons. The molecule has 0 aliphatic carbocycles. The number of hydrogen-bond donors (Lipinski definition) is 2. The summed E-state index contributed by atoms with van der Waals surface area (Å²) in [7, 11) is 3.66. The third kappa shape index (κ3) is 7.56. The van der Waals surface area contributed by atoms with Crippen molar-refractivity contribution >= 4 is 52.3 Å². The molecule has 1 heterocycles. The molecule has 0 saturated carbocycles. The molecular formula is C31H35Cl2N4O3+. The van der Waals surface area contributed by atoms with Gasteiger partial charge in [-0.3, -0.25) is 4.79 Å². The number of hydrogen-bond acceptors (Lipinski definition) is 4. The molecule has 0 unspecified atom stereocenters. The average molecular weight is 583 g/mol. The molecule has 0 radical (unpaired) electrons. The van der Waals surface area contributed by atoms with Gasteiger partial charge in [0.1, 0.15) is 17.2 Å². The topological polar surface area (TPSA) is 82.4 Å². The Balaban J connectivity index is 1.52. The van der Waals surface area contributed by atoms with Crippen LogP contribution in [0, 0.1) is 0 Å². The lowest BCUT2D eigenvalue weighted by Gasteiger charge is -2.07. The van der Waals surface area contributed by atoms with E-state index >= 15 is 0 Å². The maximum Gasteiger partial charge on any atom is 0.282 e. The van der Waals surface area contributed by atoms with Crippen LogP contribution in [0.25, 0.3) is 23.2 Å². The van der Waals surface area contributed by atoms with E-state index in [9.17, 15) is 4.79 Å². The zero-order valence-electron chi connectivity index (χ0n) is 22.8. The summed E-state index contributed by atoms with van der Waals surface area (Å²) in [5.74, 6) is 3.32. The predicted molar refractivity (Wildman–Crippen MR) is 162 cm³/mol. The third-order valence-corrected chi connectivity index (χ3v) is 7.34. The number of nitrogens with zero attached hydrogens (tertiary/aromatic N) is 2. The van der Waals surface area contributed by atoms with Gasteiger partial charge in [0.05, 0.1) is 30.7 Å². The summed E-state index contributed by atoms with van der Waals surface area (Å²) in [6, 6.07) is 19.2. The average Bonchev–Trinajstić information content (AvgIpc) is 3.20. The molecule has 0 fully saturated rings. The van der Waals surface area contributed by atoms with E-state index in [4.69, 9.17) is 38.4 Å². The highest BCUT2D eigenvalue weighted by molar-refractivity contribution is 6.42. The van der Waals surface area contributed by atoms with E-state index in [1.54, 1.807) is 7.11 Å². The first-order valence-corrected chi connectivity index (χ1v) is 14.1. The Bertz CT molecular complexity index is 1480. The number of benzene rings is 3. The maximum absolute atomic E-state index is 11.9. The van der Waals surface area contributed by atoms with Gasteiger partial charge in [-0.05, 0) is 67.3 Å². The number of nitrogens with two attached hydrogens (primary N) is 1. The Hall–Kier alpha value is -3.52. The van der Waals surface area contributed by atoms with Crippen LogP contribution in [0.3, 0.4) is 0 Å². The van der Waals surface area contributed by atoms with Crippen molar-refractivity contribution in [2.24, 2.45) is 12.8 Å². The van der Waals surface area contributed by atoms with Crippen molar-refractivity contribution in [3.63, 3.8) is 0 Å². The number of nitrogens with one attached hydrogen (secondary N) is 1. The molecule has 9 heteroatoms. The number of imidazole rings is 1. The Morgan fingerprint density at radius 3 is 2.48 bits per heavy atom. The fraction of sp³-hybridized carbons (Fsp3) is 0.290. The molecule has 4 aromatic rings. The van der Waals surface area contributed by atoms with Gasteiger partial charge in [-0.2, -0.15) is 0 Å². The number of halogens is 2. The molecule has 0 aliphatic heterocycles. The van der Waals surface area contributed by atoms with Gasteiger partial charge in [0.15, 0.2) is 11.0 Å². The number of carbonyl (C=O) groups is 1. The molecule has 0 aliphatic rings. The Kier molecular flexibility index (Phi) is 10.5. The number of methoxy groups -OCH3 is 1. The summed E-state index contributed by atoms with van der Waals surface area (Å²) in [5.41, 5.74) is 8.46. The van der Waals surface area contributed by atoms with Crippen LogP contribution in [0.5, 0.6) is 17.2 Å². The Labute approximate surface area is 245 Å². The highest BCUT2D eigenvalue weighted by Crippen LogP contribution is 2.29. The largest absolute Gasteiger partial charge is 0.497 e. The quantitative estimate of drug-likeness (QED) is 0.142. The van der Waals surface area contributed by atoms with Crippen LogP contribution in [-0.2, 0) is 18.4 Å². The predicted octanol–water partition coefficient (Wildman–Crippen LogP) is 6.38. The summed E-state index contributed by atoms with van der Waals surface area (Å²) in [6.45, 7) is 1.74. The second-order valence-corrected chi connectivity index (χ2v) is 10.3. The number of aryl methyl sites for hydroxylation is 2. The van der Waals surface area contributed by atoms with Crippen molar-refractivity contribution in [2.75, 3.05) is 20.2 Å². The first kappa shape index (κ1) is 29.5. The lowest BCUT2D eigenvalue weighted by molar-refractivity contribution is -0.647. The van der Waals surface area contributed by atoms with E-state index in [0.717, 1.165) is 65.5 Å². The van der Waals surface area contributed by atoms with Crippen molar-refractivity contribution < 1.29 is 18.8 Å². The molecular weight excluding hydrogens is 547 g/mol. The molecule has 3 aromatic carbocycles.